The molecule has 126 valence electrons. The second-order valence-corrected chi connectivity index (χ2v) is 6.57. The first kappa shape index (κ1) is 18.0. The highest BCUT2D eigenvalue weighted by molar-refractivity contribution is 8.00. The van der Waals surface area contributed by atoms with Gasteiger partial charge in [-0.1, -0.05) is 24.3 Å². The van der Waals surface area contributed by atoms with Gasteiger partial charge in [0.1, 0.15) is 11.1 Å². The number of anilines is 1. The molecule has 0 saturated heterocycles. The summed E-state index contributed by atoms with van der Waals surface area (Å²) in [4.78, 5) is 25.1. The van der Waals surface area contributed by atoms with E-state index in [1.165, 1.54) is 36.9 Å². The number of hydrogen-bond acceptors (Lipinski definition) is 4. The number of halogens is 1. The highest BCUT2D eigenvalue weighted by Gasteiger charge is 2.22. The molecule has 1 N–H and O–H groups in total. The van der Waals surface area contributed by atoms with E-state index in [0.717, 1.165) is 4.90 Å². The molecule has 4 nitrogen and oxygen atoms in total. The van der Waals surface area contributed by atoms with E-state index in [4.69, 9.17) is 4.74 Å². The van der Waals surface area contributed by atoms with Gasteiger partial charge in [-0.25, -0.2) is 4.39 Å². The summed E-state index contributed by atoms with van der Waals surface area (Å²) in [7, 11) is 0. The van der Waals surface area contributed by atoms with Gasteiger partial charge >= 0.3 is 5.97 Å². The van der Waals surface area contributed by atoms with Crippen molar-refractivity contribution >= 4 is 29.3 Å². The minimum absolute atomic E-state index is 0.314. The van der Waals surface area contributed by atoms with Gasteiger partial charge in [-0.15, -0.1) is 11.8 Å². The average Bonchev–Trinajstić information content (AvgIpc) is 2.55. The summed E-state index contributed by atoms with van der Waals surface area (Å²) >= 11 is 1.36. The Morgan fingerprint density at radius 1 is 1.08 bits per heavy atom. The molecule has 24 heavy (non-hydrogen) atoms. The first-order chi connectivity index (χ1) is 11.5. The van der Waals surface area contributed by atoms with Gasteiger partial charge in [0.2, 0.25) is 0 Å². The van der Waals surface area contributed by atoms with E-state index in [2.05, 4.69) is 5.32 Å². The normalized spacial score (nSPS) is 13.0. The van der Waals surface area contributed by atoms with Gasteiger partial charge in [0, 0.05) is 10.6 Å². The molecule has 0 aromatic heterocycles. The first-order valence-electron chi connectivity index (χ1n) is 7.44. The maximum atomic E-state index is 13.1. The van der Waals surface area contributed by atoms with Crippen LogP contribution in [0.4, 0.5) is 10.1 Å². The molecule has 0 bridgehead atoms. The van der Waals surface area contributed by atoms with E-state index in [1.807, 2.05) is 30.3 Å². The van der Waals surface area contributed by atoms with Crippen LogP contribution >= 0.6 is 11.8 Å². The topological polar surface area (TPSA) is 55.4 Å². The van der Waals surface area contributed by atoms with Crippen LogP contribution in [0.25, 0.3) is 0 Å². The van der Waals surface area contributed by atoms with Crippen LogP contribution in [0.2, 0.25) is 0 Å². The SMILES string of the molecule is C[C@H](OC(=O)[C@H](C)Sc1ccccc1)C(=O)Nc1cccc(F)c1. The molecule has 2 aromatic rings. The zero-order valence-corrected chi connectivity index (χ0v) is 14.2. The molecule has 0 saturated carbocycles. The van der Waals surface area contributed by atoms with E-state index >= 15 is 0 Å². The van der Waals surface area contributed by atoms with Crippen LogP contribution in [0, 0.1) is 5.82 Å². The Hall–Kier alpha value is -2.34. The van der Waals surface area contributed by atoms with Crippen LogP contribution in [0.1, 0.15) is 13.8 Å². The molecule has 0 aliphatic rings. The fourth-order valence-corrected chi connectivity index (χ4v) is 2.76. The Morgan fingerprint density at radius 3 is 2.46 bits per heavy atom. The number of hydrogen-bond donors (Lipinski definition) is 1. The van der Waals surface area contributed by atoms with Crippen LogP contribution in [-0.2, 0) is 14.3 Å². The zero-order chi connectivity index (χ0) is 17.5. The molecular formula is C18H18FNO3S. The lowest BCUT2D eigenvalue weighted by Gasteiger charge is -2.16. The maximum absolute atomic E-state index is 13.1. The molecule has 2 atom stereocenters. The molecule has 0 aliphatic carbocycles. The molecule has 6 heteroatoms. The molecule has 2 aromatic carbocycles. The highest BCUT2D eigenvalue weighted by atomic mass is 32.2. The van der Waals surface area contributed by atoms with Gasteiger partial charge < -0.3 is 10.1 Å². The molecule has 1 amide bonds. The largest absolute Gasteiger partial charge is 0.452 e. The highest BCUT2D eigenvalue weighted by Crippen LogP contribution is 2.23. The van der Waals surface area contributed by atoms with Crippen molar-refractivity contribution < 1.29 is 18.7 Å². The van der Waals surface area contributed by atoms with E-state index in [0.29, 0.717) is 5.69 Å². The van der Waals surface area contributed by atoms with Crippen molar-refractivity contribution in [3.05, 3.63) is 60.4 Å². The molecule has 0 heterocycles. The summed E-state index contributed by atoms with van der Waals surface area (Å²) in [6, 6.07) is 15.0. The minimum Gasteiger partial charge on any atom is -0.452 e. The van der Waals surface area contributed by atoms with Crippen LogP contribution in [0.3, 0.4) is 0 Å². The lowest BCUT2D eigenvalue weighted by molar-refractivity contribution is -0.152. The van der Waals surface area contributed by atoms with Crippen LogP contribution in [0.5, 0.6) is 0 Å². The summed E-state index contributed by atoms with van der Waals surface area (Å²) < 4.78 is 18.3. The number of thioether (sulfide) groups is 1. The lowest BCUT2D eigenvalue weighted by atomic mass is 10.3. The van der Waals surface area contributed by atoms with Crippen molar-refractivity contribution in [2.45, 2.75) is 30.1 Å². The Morgan fingerprint density at radius 2 is 1.79 bits per heavy atom. The molecule has 0 fully saturated rings. The fraction of sp³-hybridized carbons (Fsp3) is 0.222. The Kier molecular flexibility index (Phi) is 6.37. The zero-order valence-electron chi connectivity index (χ0n) is 13.4. The summed E-state index contributed by atoms with van der Waals surface area (Å²) in [6.07, 6.45) is -0.973. The van der Waals surface area contributed by atoms with Gasteiger partial charge in [0.05, 0.1) is 0 Å². The second-order valence-electron chi connectivity index (χ2n) is 5.15. The molecule has 0 spiro atoms. The second kappa shape index (κ2) is 8.49. The minimum atomic E-state index is -0.973. The van der Waals surface area contributed by atoms with Crippen molar-refractivity contribution in [2.75, 3.05) is 5.32 Å². The van der Waals surface area contributed by atoms with E-state index < -0.39 is 29.0 Å². The Balaban J connectivity index is 1.87. The summed E-state index contributed by atoms with van der Waals surface area (Å²) in [5.41, 5.74) is 0.314. The summed E-state index contributed by atoms with van der Waals surface area (Å²) in [5.74, 6) is -1.44. The van der Waals surface area contributed by atoms with E-state index in [-0.39, 0.29) is 0 Å². The van der Waals surface area contributed by atoms with Crippen LogP contribution < -0.4 is 5.32 Å². The predicted octanol–water partition coefficient (Wildman–Crippen LogP) is 3.88. The van der Waals surface area contributed by atoms with Gasteiger partial charge in [-0.2, -0.15) is 0 Å². The van der Waals surface area contributed by atoms with Gasteiger partial charge in [0.15, 0.2) is 6.10 Å². The molecule has 0 unspecified atom stereocenters. The molecule has 2 rings (SSSR count). The number of carbonyl (C=O) groups excluding carboxylic acids is 2. The van der Waals surface area contributed by atoms with Crippen molar-refractivity contribution in [3.63, 3.8) is 0 Å². The van der Waals surface area contributed by atoms with Crippen molar-refractivity contribution in [2.24, 2.45) is 0 Å². The van der Waals surface area contributed by atoms with Crippen molar-refractivity contribution in [1.82, 2.24) is 0 Å². The smallest absolute Gasteiger partial charge is 0.319 e. The number of ether oxygens (including phenoxy) is 1. The van der Waals surface area contributed by atoms with Crippen molar-refractivity contribution in [1.29, 1.82) is 0 Å². The van der Waals surface area contributed by atoms with Gasteiger partial charge in [-0.3, -0.25) is 9.59 Å². The number of rotatable bonds is 6. The molecular weight excluding hydrogens is 329 g/mol. The average molecular weight is 347 g/mol. The number of nitrogens with one attached hydrogen (secondary N) is 1. The van der Waals surface area contributed by atoms with E-state index in [9.17, 15) is 14.0 Å². The lowest BCUT2D eigenvalue weighted by Crippen LogP contribution is -2.32. The number of benzene rings is 2. The van der Waals surface area contributed by atoms with Crippen LogP contribution in [0.15, 0.2) is 59.5 Å². The van der Waals surface area contributed by atoms with Crippen molar-refractivity contribution in [3.8, 4) is 0 Å². The third kappa shape index (κ3) is 5.38. The monoisotopic (exact) mass is 347 g/mol. The summed E-state index contributed by atoms with van der Waals surface area (Å²) in [5, 5.41) is 2.07. The molecule has 0 radical (unpaired) electrons. The predicted molar refractivity (Wildman–Crippen MR) is 92.3 cm³/mol. The third-order valence-electron chi connectivity index (χ3n) is 3.14. The first-order valence-corrected chi connectivity index (χ1v) is 8.32. The standard InChI is InChI=1S/C18H18FNO3S/c1-12(17(21)20-15-8-6-7-14(19)11-15)23-18(22)13(2)24-16-9-4-3-5-10-16/h3-13H,1-2H3,(H,20,21)/t12-,13-/m0/s1. The number of carbonyl (C=O) groups is 2. The fourth-order valence-electron chi connectivity index (χ4n) is 1.88. The van der Waals surface area contributed by atoms with Gasteiger partial charge in [0.25, 0.3) is 5.91 Å². The Bertz CT molecular complexity index is 708. The van der Waals surface area contributed by atoms with Gasteiger partial charge in [-0.05, 0) is 44.2 Å². The number of esters is 1. The Labute approximate surface area is 144 Å². The maximum Gasteiger partial charge on any atom is 0.319 e. The quantitative estimate of drug-likeness (QED) is 0.636. The molecule has 0 aliphatic heterocycles. The summed E-state index contributed by atoms with van der Waals surface area (Å²) in [6.45, 7) is 3.20. The van der Waals surface area contributed by atoms with Crippen LogP contribution in [-0.4, -0.2) is 23.2 Å². The third-order valence-corrected chi connectivity index (χ3v) is 4.23. The number of amides is 1. The van der Waals surface area contributed by atoms with E-state index in [1.54, 1.807) is 13.0 Å².